The molecule has 2 aromatic carbocycles. The van der Waals surface area contributed by atoms with Crippen molar-refractivity contribution in [1.82, 2.24) is 20.2 Å². The van der Waals surface area contributed by atoms with Crippen molar-refractivity contribution in [1.29, 1.82) is 0 Å². The fourth-order valence-corrected chi connectivity index (χ4v) is 4.46. The molecule has 9 nitrogen and oxygen atoms in total. The highest BCUT2D eigenvalue weighted by molar-refractivity contribution is 6.04. The van der Waals surface area contributed by atoms with Crippen LogP contribution in [-0.2, 0) is 22.6 Å². The molecule has 1 saturated heterocycles. The third-order valence-corrected chi connectivity index (χ3v) is 6.38. The second-order valence-corrected chi connectivity index (χ2v) is 9.22. The molecule has 2 N–H and O–H groups in total. The summed E-state index contributed by atoms with van der Waals surface area (Å²) in [6, 6.07) is 22.6. The van der Waals surface area contributed by atoms with Gasteiger partial charge in [0.2, 0.25) is 5.91 Å². The first kappa shape index (κ1) is 25.6. The topological polar surface area (TPSA) is 114 Å². The van der Waals surface area contributed by atoms with Gasteiger partial charge in [0, 0.05) is 24.3 Å². The number of cyclic esters (lactones) is 1. The lowest BCUT2D eigenvalue weighted by Crippen LogP contribution is -2.46. The average molecular weight is 522 g/mol. The van der Waals surface area contributed by atoms with Crippen molar-refractivity contribution < 1.29 is 19.1 Å². The summed E-state index contributed by atoms with van der Waals surface area (Å²) in [5.74, 6) is -0.641. The van der Waals surface area contributed by atoms with Crippen molar-refractivity contribution in [3.05, 3.63) is 125 Å². The predicted molar refractivity (Wildman–Crippen MR) is 144 cm³/mol. The van der Waals surface area contributed by atoms with E-state index in [0.717, 1.165) is 11.1 Å². The molecule has 196 valence electrons. The monoisotopic (exact) mass is 521 g/mol. The Morgan fingerprint density at radius 3 is 2.54 bits per heavy atom. The van der Waals surface area contributed by atoms with Crippen LogP contribution in [0.1, 0.15) is 38.8 Å². The SMILES string of the molecule is Cc1cccc(CN2C(=O)O[C@H](c3ccc(NC(=O)c4cccnc4)cc3)[C@@H]2C(=O)NCc2ccccn2)c1. The Morgan fingerprint density at radius 2 is 1.82 bits per heavy atom. The first-order valence-corrected chi connectivity index (χ1v) is 12.5. The van der Waals surface area contributed by atoms with Crippen molar-refractivity contribution in [2.24, 2.45) is 0 Å². The maximum absolute atomic E-state index is 13.5. The molecule has 3 heterocycles. The molecule has 9 heteroatoms. The summed E-state index contributed by atoms with van der Waals surface area (Å²) in [6.45, 7) is 2.41. The summed E-state index contributed by atoms with van der Waals surface area (Å²) in [7, 11) is 0. The van der Waals surface area contributed by atoms with Gasteiger partial charge >= 0.3 is 6.09 Å². The van der Waals surface area contributed by atoms with Gasteiger partial charge in [-0.15, -0.1) is 0 Å². The number of hydrogen-bond acceptors (Lipinski definition) is 6. The lowest BCUT2D eigenvalue weighted by Gasteiger charge is -2.24. The minimum atomic E-state index is -0.905. The molecule has 3 amide bonds. The number of carbonyl (C=O) groups is 3. The van der Waals surface area contributed by atoms with Gasteiger partial charge in [-0.25, -0.2) is 4.79 Å². The summed E-state index contributed by atoms with van der Waals surface area (Å²) in [5, 5.41) is 5.73. The van der Waals surface area contributed by atoms with Crippen molar-refractivity contribution in [2.75, 3.05) is 5.32 Å². The summed E-state index contributed by atoms with van der Waals surface area (Å²) in [5.41, 5.74) is 4.27. The largest absolute Gasteiger partial charge is 0.438 e. The maximum Gasteiger partial charge on any atom is 0.411 e. The van der Waals surface area contributed by atoms with Gasteiger partial charge in [0.25, 0.3) is 5.91 Å². The molecule has 0 aliphatic carbocycles. The Labute approximate surface area is 225 Å². The van der Waals surface area contributed by atoms with Crippen LogP contribution in [0.4, 0.5) is 10.5 Å². The van der Waals surface area contributed by atoms with E-state index in [0.29, 0.717) is 22.5 Å². The molecule has 1 aliphatic rings. The number of amides is 3. The Hall–Kier alpha value is -5.05. The van der Waals surface area contributed by atoms with Crippen LogP contribution in [0.5, 0.6) is 0 Å². The van der Waals surface area contributed by atoms with E-state index in [2.05, 4.69) is 20.6 Å². The summed E-state index contributed by atoms with van der Waals surface area (Å²) >= 11 is 0. The number of ether oxygens (including phenoxy) is 1. The fourth-order valence-electron chi connectivity index (χ4n) is 4.46. The van der Waals surface area contributed by atoms with Crippen LogP contribution in [0.15, 0.2) is 97.5 Å². The highest BCUT2D eigenvalue weighted by Gasteiger charge is 2.47. The molecule has 2 atom stereocenters. The highest BCUT2D eigenvalue weighted by atomic mass is 16.6. The molecule has 0 bridgehead atoms. The van der Waals surface area contributed by atoms with Crippen LogP contribution in [0.25, 0.3) is 0 Å². The van der Waals surface area contributed by atoms with E-state index in [1.165, 1.54) is 11.1 Å². The lowest BCUT2D eigenvalue weighted by molar-refractivity contribution is -0.126. The molecule has 1 aliphatic heterocycles. The van der Waals surface area contributed by atoms with Gasteiger partial charge in [-0.2, -0.15) is 0 Å². The quantitative estimate of drug-likeness (QED) is 0.355. The average Bonchev–Trinajstić information content (AvgIpc) is 3.28. The molecule has 2 aromatic heterocycles. The van der Waals surface area contributed by atoms with E-state index in [1.807, 2.05) is 43.3 Å². The Kier molecular flexibility index (Phi) is 7.58. The molecule has 0 radical (unpaired) electrons. The fraction of sp³-hybridized carbons (Fsp3) is 0.167. The van der Waals surface area contributed by atoms with Gasteiger partial charge < -0.3 is 15.4 Å². The summed E-state index contributed by atoms with van der Waals surface area (Å²) in [4.78, 5) is 48.7. The van der Waals surface area contributed by atoms with Crippen LogP contribution in [-0.4, -0.2) is 38.8 Å². The number of anilines is 1. The van der Waals surface area contributed by atoms with Crippen molar-refractivity contribution in [3.63, 3.8) is 0 Å². The second-order valence-electron chi connectivity index (χ2n) is 9.22. The van der Waals surface area contributed by atoms with Crippen molar-refractivity contribution >= 4 is 23.6 Å². The highest BCUT2D eigenvalue weighted by Crippen LogP contribution is 2.34. The minimum absolute atomic E-state index is 0.217. The number of aryl methyl sites for hydroxylation is 1. The number of rotatable bonds is 8. The molecule has 1 fully saturated rings. The van der Waals surface area contributed by atoms with E-state index in [1.54, 1.807) is 54.9 Å². The molecular formula is C30H27N5O4. The summed E-state index contributed by atoms with van der Waals surface area (Å²) in [6.07, 6.45) is 3.33. The number of aromatic nitrogens is 2. The van der Waals surface area contributed by atoms with Crippen molar-refractivity contribution in [2.45, 2.75) is 32.2 Å². The number of nitrogens with one attached hydrogen (secondary N) is 2. The molecule has 0 unspecified atom stereocenters. The maximum atomic E-state index is 13.5. The number of pyridine rings is 2. The third kappa shape index (κ3) is 6.10. The predicted octanol–water partition coefficient (Wildman–Crippen LogP) is 4.42. The Bertz CT molecular complexity index is 1460. The van der Waals surface area contributed by atoms with Crippen LogP contribution < -0.4 is 10.6 Å². The number of carbonyl (C=O) groups excluding carboxylic acids is 3. The molecular weight excluding hydrogens is 494 g/mol. The molecule has 39 heavy (non-hydrogen) atoms. The molecule has 5 rings (SSSR count). The minimum Gasteiger partial charge on any atom is -0.438 e. The van der Waals surface area contributed by atoms with Gasteiger partial charge in [-0.1, -0.05) is 48.0 Å². The molecule has 4 aromatic rings. The first-order valence-electron chi connectivity index (χ1n) is 12.5. The van der Waals surface area contributed by atoms with Crippen LogP contribution in [0.3, 0.4) is 0 Å². The second kappa shape index (κ2) is 11.6. The standard InChI is InChI=1S/C30H27N5O4/c1-20-6-4-7-21(16-20)19-35-26(29(37)33-18-25-9-2-3-15-32-25)27(39-30(35)38)22-10-12-24(13-11-22)34-28(36)23-8-5-14-31-17-23/h2-17,26-27H,18-19H2,1H3,(H,33,37)(H,34,36)/t26-,27-/m1/s1. The summed E-state index contributed by atoms with van der Waals surface area (Å²) < 4.78 is 5.75. The van der Waals surface area contributed by atoms with E-state index < -0.39 is 18.2 Å². The smallest absolute Gasteiger partial charge is 0.411 e. The lowest BCUT2D eigenvalue weighted by atomic mass is 10.00. The zero-order valence-corrected chi connectivity index (χ0v) is 21.3. The van der Waals surface area contributed by atoms with Gasteiger partial charge in [0.15, 0.2) is 12.1 Å². The van der Waals surface area contributed by atoms with Gasteiger partial charge in [0.1, 0.15) is 0 Å². The number of nitrogens with zero attached hydrogens (tertiary/aromatic N) is 3. The van der Waals surface area contributed by atoms with Gasteiger partial charge in [-0.3, -0.25) is 24.5 Å². The van der Waals surface area contributed by atoms with Crippen LogP contribution in [0.2, 0.25) is 0 Å². The van der Waals surface area contributed by atoms with Crippen molar-refractivity contribution in [3.8, 4) is 0 Å². The zero-order valence-electron chi connectivity index (χ0n) is 21.3. The van der Waals surface area contributed by atoms with E-state index in [-0.39, 0.29) is 24.9 Å². The number of hydrogen-bond donors (Lipinski definition) is 2. The first-order chi connectivity index (χ1) is 19.0. The zero-order chi connectivity index (χ0) is 27.2. The van der Waals surface area contributed by atoms with E-state index in [4.69, 9.17) is 4.74 Å². The number of benzene rings is 2. The Balaban J connectivity index is 1.37. The van der Waals surface area contributed by atoms with E-state index in [9.17, 15) is 14.4 Å². The third-order valence-electron chi connectivity index (χ3n) is 6.38. The van der Waals surface area contributed by atoms with Gasteiger partial charge in [0.05, 0.1) is 24.3 Å². The van der Waals surface area contributed by atoms with Crippen LogP contribution in [0, 0.1) is 6.92 Å². The molecule has 0 saturated carbocycles. The Morgan fingerprint density at radius 1 is 0.974 bits per heavy atom. The normalized spacial score (nSPS) is 16.4. The van der Waals surface area contributed by atoms with Crippen LogP contribution >= 0.6 is 0 Å². The molecule has 0 spiro atoms. The van der Waals surface area contributed by atoms with E-state index >= 15 is 0 Å². The van der Waals surface area contributed by atoms with Gasteiger partial charge in [-0.05, 0) is 54.4 Å².